The molecule has 79 heavy (non-hydrogen) atoms. The van der Waals surface area contributed by atoms with E-state index in [1.54, 1.807) is 57.5 Å². The molecule has 0 spiro atoms. The van der Waals surface area contributed by atoms with Crippen LogP contribution in [0.15, 0.2) is 198 Å². The van der Waals surface area contributed by atoms with Crippen LogP contribution >= 0.6 is 56.7 Å². The molecule has 11 heteroatoms. The van der Waals surface area contributed by atoms with Crippen molar-refractivity contribution in [2.24, 2.45) is 0 Å². The predicted molar refractivity (Wildman–Crippen MR) is 322 cm³/mol. The summed E-state index contributed by atoms with van der Waals surface area (Å²) in [5.41, 5.74) is 11.1. The van der Waals surface area contributed by atoms with E-state index in [4.69, 9.17) is 0 Å². The molecule has 0 aliphatic heterocycles. The van der Waals surface area contributed by atoms with Crippen molar-refractivity contribution in [1.29, 1.82) is 21.0 Å². The first kappa shape index (κ1) is 48.2. The van der Waals surface area contributed by atoms with Crippen LogP contribution in [0.4, 0.5) is 0 Å². The number of thiophene rings is 5. The molecule has 5 aromatic carbocycles. The van der Waals surface area contributed by atoms with E-state index >= 15 is 0 Å². The lowest BCUT2D eigenvalue weighted by atomic mass is 9.61. The van der Waals surface area contributed by atoms with E-state index in [0.29, 0.717) is 44.5 Å². The number of hydrogen-bond acceptors (Lipinski definition) is 11. The maximum atomic E-state index is 14.3. The molecule has 0 saturated carbocycles. The van der Waals surface area contributed by atoms with Crippen LogP contribution in [-0.2, 0) is 10.8 Å². The fourth-order valence-electron chi connectivity index (χ4n) is 12.7. The summed E-state index contributed by atoms with van der Waals surface area (Å²) in [6.45, 7) is 4.30. The summed E-state index contributed by atoms with van der Waals surface area (Å²) in [4.78, 5) is 35.1. The summed E-state index contributed by atoms with van der Waals surface area (Å²) in [6, 6.07) is 59.6. The summed E-state index contributed by atoms with van der Waals surface area (Å²) < 4.78 is 4.39. The highest BCUT2D eigenvalue weighted by Gasteiger charge is 2.60. The van der Waals surface area contributed by atoms with Gasteiger partial charge in [-0.05, 0) is 77.1 Å². The van der Waals surface area contributed by atoms with Crippen molar-refractivity contribution >= 4 is 110 Å². The Kier molecular flexibility index (Phi) is 11.1. The first-order chi connectivity index (χ1) is 38.7. The van der Waals surface area contributed by atoms with Crippen LogP contribution in [0, 0.1) is 45.3 Å². The second-order valence-corrected chi connectivity index (χ2v) is 24.9. The summed E-state index contributed by atoms with van der Waals surface area (Å²) in [7, 11) is 0. The van der Waals surface area contributed by atoms with Gasteiger partial charge in [-0.2, -0.15) is 21.0 Å². The molecule has 0 fully saturated rings. The average Bonchev–Trinajstić information content (AvgIpc) is 2.22. The predicted octanol–water partition coefficient (Wildman–Crippen LogP) is 17.7. The van der Waals surface area contributed by atoms with Crippen LogP contribution in [0.2, 0.25) is 0 Å². The van der Waals surface area contributed by atoms with E-state index in [2.05, 4.69) is 153 Å². The zero-order chi connectivity index (χ0) is 53.9. The number of Topliss-reactive ketones (excluding diaryl/α,β-unsaturated/α-hetero) is 2. The Morgan fingerprint density at radius 1 is 0.468 bits per heavy atom. The van der Waals surface area contributed by atoms with E-state index in [1.807, 2.05) is 66.8 Å². The largest absolute Gasteiger partial charge is 0.289 e. The molecule has 1 unspecified atom stereocenters. The van der Waals surface area contributed by atoms with Gasteiger partial charge in [0, 0.05) is 63.7 Å². The number of nitrogens with zero attached hydrogens (tertiary/aromatic N) is 4. The molecule has 1 atom stereocenters. The maximum Gasteiger partial charge on any atom is 0.194 e. The van der Waals surface area contributed by atoms with E-state index < -0.39 is 10.8 Å². The van der Waals surface area contributed by atoms with E-state index in [-0.39, 0.29) is 22.7 Å². The van der Waals surface area contributed by atoms with Gasteiger partial charge in [0.1, 0.15) is 35.4 Å². The highest BCUT2D eigenvalue weighted by molar-refractivity contribution is 7.34. The second-order valence-electron chi connectivity index (χ2n) is 19.6. The minimum Gasteiger partial charge on any atom is -0.289 e. The molecular weight excluding hydrogens is 1070 g/mol. The van der Waals surface area contributed by atoms with Crippen molar-refractivity contribution in [3.63, 3.8) is 0 Å². The van der Waals surface area contributed by atoms with Crippen molar-refractivity contribution in [1.82, 2.24) is 0 Å². The van der Waals surface area contributed by atoms with Gasteiger partial charge in [0.05, 0.1) is 39.7 Å². The van der Waals surface area contributed by atoms with Gasteiger partial charge in [0.25, 0.3) is 0 Å². The zero-order valence-electron chi connectivity index (χ0n) is 42.0. The van der Waals surface area contributed by atoms with Gasteiger partial charge in [0.15, 0.2) is 11.6 Å². The quantitative estimate of drug-likeness (QED) is 0.0888. The van der Waals surface area contributed by atoms with Crippen LogP contribution in [0.1, 0.15) is 94.4 Å². The Labute approximate surface area is 474 Å². The van der Waals surface area contributed by atoms with Gasteiger partial charge in [-0.3, -0.25) is 9.59 Å². The van der Waals surface area contributed by atoms with Crippen LogP contribution in [0.25, 0.3) is 61.6 Å². The topological polar surface area (TPSA) is 129 Å². The highest BCUT2D eigenvalue weighted by atomic mass is 32.1. The van der Waals surface area contributed by atoms with Gasteiger partial charge >= 0.3 is 0 Å². The highest BCUT2D eigenvalue weighted by Crippen LogP contribution is 2.73. The lowest BCUT2D eigenvalue weighted by Crippen LogP contribution is -2.35. The second kappa shape index (κ2) is 18.2. The third-order valence-electron chi connectivity index (χ3n) is 15.8. The number of nitriles is 4. The zero-order valence-corrected chi connectivity index (χ0v) is 46.0. The monoisotopic (exact) mass is 1100 g/mol. The Hall–Kier alpha value is -9.14. The van der Waals surface area contributed by atoms with Crippen LogP contribution in [-0.4, -0.2) is 11.6 Å². The summed E-state index contributed by atoms with van der Waals surface area (Å²) in [6.07, 6.45) is 10.2. The Bertz CT molecular complexity index is 4690. The number of carbonyl (C=O) groups is 2. The number of benzene rings is 5. The first-order valence-electron chi connectivity index (χ1n) is 25.3. The molecule has 0 N–H and O–H groups in total. The van der Waals surface area contributed by atoms with Gasteiger partial charge in [0.2, 0.25) is 0 Å². The SMILES string of the molecule is C/C=C\C=C(/C)C1(c2ccccc2)c2c(sc3c2C(c2ccccc2)(c2ccccc2)c2c-3sc3cc(/C=C4\C(=O)c5ccccc5C4=C(C#N)C#N)sc23)-c2sc3cc(/C=C4\C(=O)c5ccccc5C4=C(C#N)C#N)sc3c21. The number of rotatable bonds is 7. The molecule has 4 aliphatic rings. The molecule has 370 valence electrons. The Morgan fingerprint density at radius 2 is 0.873 bits per heavy atom. The number of fused-ring (bicyclic) bond motifs is 13. The van der Waals surface area contributed by atoms with E-state index in [0.717, 1.165) is 50.8 Å². The molecule has 10 aromatic rings. The summed E-state index contributed by atoms with van der Waals surface area (Å²) in [5, 5.41) is 40.7. The molecule has 14 rings (SSSR count). The number of carbonyl (C=O) groups excluding carboxylic acids is 2. The van der Waals surface area contributed by atoms with Crippen molar-refractivity contribution in [2.45, 2.75) is 24.7 Å². The summed E-state index contributed by atoms with van der Waals surface area (Å²) in [5.74, 6) is -0.421. The lowest BCUT2D eigenvalue weighted by Gasteiger charge is -2.39. The number of hydrogen-bond donors (Lipinski definition) is 0. The Balaban J connectivity index is 1.06. The van der Waals surface area contributed by atoms with Crippen LogP contribution in [0.5, 0.6) is 0 Å². The van der Waals surface area contributed by atoms with Gasteiger partial charge in [-0.1, -0.05) is 163 Å². The minimum atomic E-state index is -0.844. The molecular formula is C68H36N4O2S5. The first-order valence-corrected chi connectivity index (χ1v) is 29.4. The van der Waals surface area contributed by atoms with Crippen LogP contribution < -0.4 is 0 Å². The number of ketones is 2. The third kappa shape index (κ3) is 6.55. The molecule has 0 saturated heterocycles. The molecule has 0 bridgehead atoms. The van der Waals surface area contributed by atoms with Gasteiger partial charge in [-0.15, -0.1) is 56.7 Å². The fourth-order valence-corrected chi connectivity index (χ4v) is 19.8. The average molecular weight is 1100 g/mol. The normalized spacial score (nSPS) is 17.4. The van der Waals surface area contributed by atoms with E-state index in [9.17, 15) is 30.6 Å². The minimum absolute atomic E-state index is 0.0946. The molecule has 0 amide bonds. The van der Waals surface area contributed by atoms with Crippen molar-refractivity contribution in [2.75, 3.05) is 0 Å². The van der Waals surface area contributed by atoms with Crippen LogP contribution in [0.3, 0.4) is 0 Å². The molecule has 6 nitrogen and oxygen atoms in total. The molecule has 0 radical (unpaired) electrons. The van der Waals surface area contributed by atoms with Gasteiger partial charge < -0.3 is 0 Å². The van der Waals surface area contributed by atoms with Crippen molar-refractivity contribution < 1.29 is 9.59 Å². The third-order valence-corrected chi connectivity index (χ3v) is 22.0. The maximum absolute atomic E-state index is 14.3. The molecule has 5 aromatic heterocycles. The smallest absolute Gasteiger partial charge is 0.194 e. The van der Waals surface area contributed by atoms with Crippen molar-refractivity contribution in [3.05, 3.63) is 269 Å². The number of allylic oxidation sites excluding steroid dienone is 10. The molecule has 5 heterocycles. The Morgan fingerprint density at radius 3 is 1.34 bits per heavy atom. The van der Waals surface area contributed by atoms with Gasteiger partial charge in [-0.25, -0.2) is 0 Å². The fraction of sp³-hybridized carbons (Fsp3) is 0.0588. The van der Waals surface area contributed by atoms with Crippen molar-refractivity contribution in [3.8, 4) is 43.8 Å². The standard InChI is InChI=1S/C68H36N4O2S5/c1-3-4-18-37(2)67(40-19-8-5-9-20-40)55-56-64(79-63(55)65-57(67)61-51(77-65)31-43(75-61)29-49-53(38(33-69)34-70)45-25-14-16-27-47(45)59(49)73)66-58(68(56,41-21-10-6-11-22-41)42-23-12-7-13-24-42)62-52(78-66)32-44(76-62)30-50-54(39(35-71)36-72)46-26-15-17-28-48(46)60(50)74/h3-32H,1-2H3/b4-3-,37-18+,49-29-,50-30-. The molecule has 4 aliphatic carbocycles. The lowest BCUT2D eigenvalue weighted by molar-refractivity contribution is 0.103. The summed E-state index contributed by atoms with van der Waals surface area (Å²) >= 11 is 8.70. The van der Waals surface area contributed by atoms with E-state index in [1.165, 1.54) is 41.8 Å².